The van der Waals surface area contributed by atoms with Crippen molar-refractivity contribution >= 4 is 11.8 Å². The number of primary amides is 1. The number of halogens is 2. The summed E-state index contributed by atoms with van der Waals surface area (Å²) in [5.74, 6) is -2.24. The van der Waals surface area contributed by atoms with Gasteiger partial charge < -0.3 is 11.1 Å². The zero-order valence-corrected chi connectivity index (χ0v) is 16.0. The molecule has 0 aliphatic heterocycles. The van der Waals surface area contributed by atoms with E-state index in [1.807, 2.05) is 0 Å². The Bertz CT molecular complexity index is 1120. The molecule has 1 aliphatic carbocycles. The van der Waals surface area contributed by atoms with E-state index in [1.165, 1.54) is 12.3 Å². The fourth-order valence-corrected chi connectivity index (χ4v) is 4.04. The van der Waals surface area contributed by atoms with E-state index in [1.54, 1.807) is 42.6 Å². The number of amides is 2. The number of benzene rings is 2. The van der Waals surface area contributed by atoms with Gasteiger partial charge in [0, 0.05) is 24.0 Å². The van der Waals surface area contributed by atoms with Gasteiger partial charge in [0.15, 0.2) is 0 Å². The molecule has 3 aromatic rings. The van der Waals surface area contributed by atoms with Gasteiger partial charge in [0.2, 0.25) is 5.91 Å². The molecule has 2 aromatic carbocycles. The number of hydrogen-bond acceptors (Lipinski definition) is 3. The second-order valence-corrected chi connectivity index (χ2v) is 7.43. The lowest BCUT2D eigenvalue weighted by molar-refractivity contribution is 0.0894. The summed E-state index contributed by atoms with van der Waals surface area (Å²) in [7, 11) is 0. The molecule has 1 aromatic heterocycles. The molecule has 0 unspecified atom stereocenters. The lowest BCUT2D eigenvalue weighted by atomic mass is 9.84. The molecule has 0 bridgehead atoms. The van der Waals surface area contributed by atoms with Crippen molar-refractivity contribution in [1.29, 1.82) is 0 Å². The molecule has 1 atom stereocenters. The van der Waals surface area contributed by atoms with Crippen molar-refractivity contribution in [1.82, 2.24) is 10.3 Å². The van der Waals surface area contributed by atoms with E-state index in [0.29, 0.717) is 41.5 Å². The van der Waals surface area contributed by atoms with Crippen LogP contribution < -0.4 is 11.1 Å². The molecular formula is C23H19F2N3O2. The maximum atomic E-state index is 14.4. The Kier molecular flexibility index (Phi) is 5.03. The van der Waals surface area contributed by atoms with Crippen LogP contribution in [-0.4, -0.2) is 16.8 Å². The van der Waals surface area contributed by atoms with E-state index in [2.05, 4.69) is 10.3 Å². The van der Waals surface area contributed by atoms with Crippen LogP contribution in [0.2, 0.25) is 0 Å². The van der Waals surface area contributed by atoms with Gasteiger partial charge in [-0.15, -0.1) is 0 Å². The summed E-state index contributed by atoms with van der Waals surface area (Å²) in [6.45, 7) is 0. The maximum absolute atomic E-state index is 14.4. The molecule has 0 spiro atoms. The number of pyridine rings is 1. The molecule has 30 heavy (non-hydrogen) atoms. The standard InChI is InChI=1S/C23H19F2N3O2/c24-17-10-19-18(20(25)11-17)7-8-23(19,28-22(30)16-2-1-9-27-13-16)12-14-3-5-15(6-4-14)21(26)29/h1-6,9-11,13H,7-8,12H2,(H2,26,29)(H,28,30)/t23-/m1/s1. The van der Waals surface area contributed by atoms with Gasteiger partial charge in [-0.2, -0.15) is 0 Å². The van der Waals surface area contributed by atoms with Gasteiger partial charge >= 0.3 is 0 Å². The predicted octanol–water partition coefficient (Wildman–Crippen LogP) is 3.27. The van der Waals surface area contributed by atoms with Crippen LogP contribution in [0, 0.1) is 11.6 Å². The molecule has 0 saturated carbocycles. The number of carbonyl (C=O) groups excluding carboxylic acids is 2. The Morgan fingerprint density at radius 2 is 1.87 bits per heavy atom. The highest BCUT2D eigenvalue weighted by molar-refractivity contribution is 5.94. The molecule has 0 fully saturated rings. The van der Waals surface area contributed by atoms with E-state index in [-0.39, 0.29) is 5.91 Å². The Labute approximate surface area is 171 Å². The summed E-state index contributed by atoms with van der Waals surface area (Å²) >= 11 is 0. The van der Waals surface area contributed by atoms with Crippen LogP contribution in [0.5, 0.6) is 0 Å². The van der Waals surface area contributed by atoms with Gasteiger partial charge in [0.05, 0.1) is 11.1 Å². The van der Waals surface area contributed by atoms with E-state index in [9.17, 15) is 18.4 Å². The topological polar surface area (TPSA) is 85.1 Å². The molecule has 4 rings (SSSR count). The molecule has 7 heteroatoms. The van der Waals surface area contributed by atoms with Gasteiger partial charge in [0.25, 0.3) is 5.91 Å². The molecule has 1 aliphatic rings. The minimum absolute atomic E-state index is 0.300. The molecule has 0 radical (unpaired) electrons. The largest absolute Gasteiger partial charge is 0.366 e. The number of nitrogens with zero attached hydrogens (tertiary/aromatic N) is 1. The number of carbonyl (C=O) groups is 2. The fourth-order valence-electron chi connectivity index (χ4n) is 4.04. The zero-order valence-electron chi connectivity index (χ0n) is 16.0. The fraction of sp³-hybridized carbons (Fsp3) is 0.174. The normalized spacial score (nSPS) is 17.4. The van der Waals surface area contributed by atoms with Gasteiger partial charge in [-0.25, -0.2) is 8.78 Å². The van der Waals surface area contributed by atoms with E-state index in [4.69, 9.17) is 5.73 Å². The van der Waals surface area contributed by atoms with Crippen molar-refractivity contribution in [3.8, 4) is 0 Å². The van der Waals surface area contributed by atoms with Gasteiger partial charge in [-0.05, 0) is 66.3 Å². The molecule has 0 saturated heterocycles. The van der Waals surface area contributed by atoms with Gasteiger partial charge in [0.1, 0.15) is 11.6 Å². The zero-order chi connectivity index (χ0) is 21.3. The predicted molar refractivity (Wildman–Crippen MR) is 107 cm³/mol. The van der Waals surface area contributed by atoms with Crippen LogP contribution in [0.1, 0.15) is 43.8 Å². The van der Waals surface area contributed by atoms with Crippen LogP contribution in [0.4, 0.5) is 8.78 Å². The van der Waals surface area contributed by atoms with Crippen molar-refractivity contribution in [2.75, 3.05) is 0 Å². The average molecular weight is 407 g/mol. The first kappa shape index (κ1) is 19.7. The van der Waals surface area contributed by atoms with Crippen LogP contribution in [0.3, 0.4) is 0 Å². The first-order valence-electron chi connectivity index (χ1n) is 9.48. The summed E-state index contributed by atoms with van der Waals surface area (Å²) in [6.07, 6.45) is 4.07. The van der Waals surface area contributed by atoms with Crippen molar-refractivity contribution in [2.24, 2.45) is 5.73 Å². The third-order valence-electron chi connectivity index (χ3n) is 5.50. The summed E-state index contributed by atoms with van der Waals surface area (Å²) in [5.41, 5.74) is 6.63. The van der Waals surface area contributed by atoms with Gasteiger partial charge in [-0.3, -0.25) is 14.6 Å². The Morgan fingerprint density at radius 3 is 2.53 bits per heavy atom. The van der Waals surface area contributed by atoms with Crippen molar-refractivity contribution in [3.63, 3.8) is 0 Å². The second-order valence-electron chi connectivity index (χ2n) is 7.43. The smallest absolute Gasteiger partial charge is 0.253 e. The number of nitrogens with two attached hydrogens (primary N) is 1. The molecule has 2 amide bonds. The summed E-state index contributed by atoms with van der Waals surface area (Å²) in [5, 5.41) is 3.00. The first-order valence-corrected chi connectivity index (χ1v) is 9.48. The number of hydrogen-bond donors (Lipinski definition) is 2. The highest BCUT2D eigenvalue weighted by atomic mass is 19.1. The van der Waals surface area contributed by atoms with Crippen LogP contribution in [0.25, 0.3) is 0 Å². The van der Waals surface area contributed by atoms with E-state index < -0.39 is 23.1 Å². The molecule has 152 valence electrons. The lowest BCUT2D eigenvalue weighted by Crippen LogP contribution is -2.46. The van der Waals surface area contributed by atoms with Crippen molar-refractivity contribution in [3.05, 3.63) is 100 Å². The Morgan fingerprint density at radius 1 is 1.10 bits per heavy atom. The number of rotatable bonds is 5. The first-order chi connectivity index (χ1) is 14.4. The highest BCUT2D eigenvalue weighted by Crippen LogP contribution is 2.41. The number of aromatic nitrogens is 1. The monoisotopic (exact) mass is 407 g/mol. The minimum atomic E-state index is -1.00. The van der Waals surface area contributed by atoms with E-state index in [0.717, 1.165) is 11.6 Å². The lowest BCUT2D eigenvalue weighted by Gasteiger charge is -2.32. The highest BCUT2D eigenvalue weighted by Gasteiger charge is 2.42. The SMILES string of the molecule is NC(=O)c1ccc(C[C@]2(NC(=O)c3cccnc3)CCc3c(F)cc(F)cc32)cc1. The van der Waals surface area contributed by atoms with Crippen LogP contribution in [-0.2, 0) is 18.4 Å². The third kappa shape index (κ3) is 3.66. The summed E-state index contributed by atoms with van der Waals surface area (Å²) in [4.78, 5) is 28.2. The molecular weight excluding hydrogens is 388 g/mol. The average Bonchev–Trinajstić information content (AvgIpc) is 3.07. The Balaban J connectivity index is 1.75. The van der Waals surface area contributed by atoms with Crippen LogP contribution >= 0.6 is 0 Å². The third-order valence-corrected chi connectivity index (χ3v) is 5.50. The van der Waals surface area contributed by atoms with Crippen molar-refractivity contribution in [2.45, 2.75) is 24.8 Å². The molecule has 1 heterocycles. The number of nitrogens with one attached hydrogen (secondary N) is 1. The Hall–Kier alpha value is -3.61. The quantitative estimate of drug-likeness (QED) is 0.681. The van der Waals surface area contributed by atoms with Crippen LogP contribution in [0.15, 0.2) is 60.9 Å². The van der Waals surface area contributed by atoms with E-state index >= 15 is 0 Å². The maximum Gasteiger partial charge on any atom is 0.253 e. The van der Waals surface area contributed by atoms with Gasteiger partial charge in [-0.1, -0.05) is 12.1 Å². The summed E-state index contributed by atoms with van der Waals surface area (Å²) < 4.78 is 28.5. The molecule has 3 N–H and O–H groups in total. The minimum Gasteiger partial charge on any atom is -0.366 e. The second kappa shape index (κ2) is 7.67. The van der Waals surface area contributed by atoms with Crippen molar-refractivity contribution < 1.29 is 18.4 Å². The molecule has 5 nitrogen and oxygen atoms in total. The number of fused-ring (bicyclic) bond motifs is 1. The summed E-state index contributed by atoms with van der Waals surface area (Å²) in [6, 6.07) is 12.1.